The van der Waals surface area contributed by atoms with E-state index in [0.717, 1.165) is 25.7 Å². The summed E-state index contributed by atoms with van der Waals surface area (Å²) >= 11 is 0. The number of hydrogen-bond donors (Lipinski definition) is 3. The molecule has 8 nitrogen and oxygen atoms in total. The topological polar surface area (TPSA) is 108 Å². The second-order valence-corrected chi connectivity index (χ2v) is 10.4. The Balaban J connectivity index is 1.74. The van der Waals surface area contributed by atoms with Crippen molar-refractivity contribution < 1.29 is 24.2 Å². The van der Waals surface area contributed by atoms with Gasteiger partial charge in [-0.05, 0) is 38.5 Å². The monoisotopic (exact) mass is 435 g/mol. The molecule has 3 amide bonds. The minimum atomic E-state index is -1.02. The summed E-state index contributed by atoms with van der Waals surface area (Å²) in [4.78, 5) is 42.0. The van der Waals surface area contributed by atoms with Crippen molar-refractivity contribution in [3.63, 3.8) is 0 Å². The van der Waals surface area contributed by atoms with Gasteiger partial charge in [-0.2, -0.15) is 0 Å². The third kappa shape index (κ3) is 3.28. The Bertz CT molecular complexity index is 751. The lowest BCUT2D eigenvalue weighted by Crippen LogP contribution is -2.60. The van der Waals surface area contributed by atoms with E-state index in [2.05, 4.69) is 10.6 Å². The van der Waals surface area contributed by atoms with Gasteiger partial charge in [-0.15, -0.1) is 0 Å². The SMILES string of the molecule is CNC(=O)[C@H]1[C@H]2C(=O)N([C@@H](CO)C(C)C)C(C(=O)NC3CCCCC3)C23CC[C@]1(C)O3. The number of likely N-dealkylation sites (tertiary alicyclic amines) is 1. The van der Waals surface area contributed by atoms with Crippen molar-refractivity contribution in [3.8, 4) is 0 Å². The van der Waals surface area contributed by atoms with Crippen LogP contribution in [0.4, 0.5) is 0 Å². The highest BCUT2D eigenvalue weighted by atomic mass is 16.5. The predicted octanol–water partition coefficient (Wildman–Crippen LogP) is 0.963. The summed E-state index contributed by atoms with van der Waals surface area (Å²) in [5.41, 5.74) is -1.79. The van der Waals surface area contributed by atoms with Crippen molar-refractivity contribution >= 4 is 17.7 Å². The first-order valence-electron chi connectivity index (χ1n) is 11.9. The molecule has 8 heteroatoms. The van der Waals surface area contributed by atoms with Gasteiger partial charge in [-0.25, -0.2) is 0 Å². The summed E-state index contributed by atoms with van der Waals surface area (Å²) in [5.74, 6) is -2.06. The van der Waals surface area contributed by atoms with Crippen molar-refractivity contribution in [1.29, 1.82) is 0 Å². The molecule has 31 heavy (non-hydrogen) atoms. The zero-order chi connectivity index (χ0) is 22.6. The molecule has 1 saturated carbocycles. The largest absolute Gasteiger partial charge is 0.394 e. The summed E-state index contributed by atoms with van der Waals surface area (Å²) in [5, 5.41) is 16.0. The predicted molar refractivity (Wildman–Crippen MR) is 114 cm³/mol. The molecule has 2 bridgehead atoms. The standard InChI is InChI=1S/C23H37N3O5/c1-13(2)15(12-27)26-18(20(29)25-14-8-6-5-7-9-14)23-11-10-22(3,31-23)16(19(28)24-4)17(23)21(26)30/h13-18,27H,5-12H2,1-4H3,(H,24,28)(H,25,29)/t15-,16+,17-,18?,22-,23?/m0/s1. The maximum Gasteiger partial charge on any atom is 0.246 e. The maximum atomic E-state index is 13.8. The van der Waals surface area contributed by atoms with Crippen molar-refractivity contribution in [2.75, 3.05) is 13.7 Å². The maximum absolute atomic E-state index is 13.8. The molecule has 3 heterocycles. The number of nitrogens with zero attached hydrogens (tertiary/aromatic N) is 1. The Morgan fingerprint density at radius 2 is 1.87 bits per heavy atom. The van der Waals surface area contributed by atoms with E-state index < -0.39 is 35.1 Å². The number of hydrogen-bond acceptors (Lipinski definition) is 5. The molecule has 1 aliphatic carbocycles. The van der Waals surface area contributed by atoms with E-state index in [9.17, 15) is 19.5 Å². The number of ether oxygens (including phenoxy) is 1. The number of rotatable bonds is 6. The normalized spacial score (nSPS) is 38.5. The van der Waals surface area contributed by atoms with Crippen LogP contribution in [0.3, 0.4) is 0 Å². The summed E-state index contributed by atoms with van der Waals surface area (Å²) < 4.78 is 6.54. The van der Waals surface area contributed by atoms with Gasteiger partial charge in [0.2, 0.25) is 17.7 Å². The summed E-state index contributed by atoms with van der Waals surface area (Å²) in [7, 11) is 1.57. The number of amides is 3. The van der Waals surface area contributed by atoms with Gasteiger partial charge in [0.15, 0.2) is 0 Å². The second kappa shape index (κ2) is 8.03. The van der Waals surface area contributed by atoms with Crippen LogP contribution in [-0.4, -0.2) is 70.7 Å². The van der Waals surface area contributed by atoms with Gasteiger partial charge >= 0.3 is 0 Å². The molecule has 0 aromatic carbocycles. The number of fused-ring (bicyclic) bond motifs is 1. The molecular formula is C23H37N3O5. The molecule has 4 rings (SSSR count). The molecule has 0 aromatic rings. The Hall–Kier alpha value is -1.67. The lowest BCUT2D eigenvalue weighted by atomic mass is 9.66. The molecule has 4 aliphatic rings. The minimum Gasteiger partial charge on any atom is -0.394 e. The fourth-order valence-electron chi connectivity index (χ4n) is 6.72. The molecule has 3 aliphatic heterocycles. The van der Waals surface area contributed by atoms with Crippen LogP contribution in [0.1, 0.15) is 65.7 Å². The first-order chi connectivity index (χ1) is 14.7. The third-order valence-electron chi connectivity index (χ3n) is 8.26. The van der Waals surface area contributed by atoms with Gasteiger partial charge < -0.3 is 25.4 Å². The summed E-state index contributed by atoms with van der Waals surface area (Å²) in [6.45, 7) is 5.53. The Kier molecular flexibility index (Phi) is 5.83. The van der Waals surface area contributed by atoms with Gasteiger partial charge in [0.1, 0.15) is 11.6 Å². The minimum absolute atomic E-state index is 0.0413. The number of nitrogens with one attached hydrogen (secondary N) is 2. The summed E-state index contributed by atoms with van der Waals surface area (Å²) in [6, 6.07) is -1.23. The van der Waals surface area contributed by atoms with Crippen LogP contribution in [0, 0.1) is 17.8 Å². The van der Waals surface area contributed by atoms with Crippen molar-refractivity contribution in [2.24, 2.45) is 17.8 Å². The molecule has 6 atom stereocenters. The zero-order valence-corrected chi connectivity index (χ0v) is 19.1. The van der Waals surface area contributed by atoms with Gasteiger partial charge in [-0.3, -0.25) is 14.4 Å². The van der Waals surface area contributed by atoms with E-state index in [1.54, 1.807) is 11.9 Å². The molecule has 0 aromatic heterocycles. The van der Waals surface area contributed by atoms with Crippen LogP contribution in [0.15, 0.2) is 0 Å². The Morgan fingerprint density at radius 1 is 1.19 bits per heavy atom. The first-order valence-corrected chi connectivity index (χ1v) is 11.9. The van der Waals surface area contributed by atoms with E-state index in [4.69, 9.17) is 4.74 Å². The van der Waals surface area contributed by atoms with Gasteiger partial charge in [0.25, 0.3) is 0 Å². The quantitative estimate of drug-likeness (QED) is 0.576. The molecule has 3 N–H and O–H groups in total. The van der Waals surface area contributed by atoms with Gasteiger partial charge in [0.05, 0.1) is 30.1 Å². The number of aliphatic hydroxyl groups excluding tert-OH is 1. The fourth-order valence-corrected chi connectivity index (χ4v) is 6.72. The molecular weight excluding hydrogens is 398 g/mol. The van der Waals surface area contributed by atoms with Gasteiger partial charge in [0, 0.05) is 13.1 Å². The van der Waals surface area contributed by atoms with Crippen LogP contribution >= 0.6 is 0 Å². The van der Waals surface area contributed by atoms with Crippen molar-refractivity contribution in [2.45, 2.75) is 95.0 Å². The van der Waals surface area contributed by atoms with Crippen molar-refractivity contribution in [1.82, 2.24) is 15.5 Å². The Labute approximate surface area is 184 Å². The molecule has 174 valence electrons. The van der Waals surface area contributed by atoms with Crippen LogP contribution in [0.5, 0.6) is 0 Å². The molecule has 2 unspecified atom stereocenters. The molecule has 0 radical (unpaired) electrons. The zero-order valence-electron chi connectivity index (χ0n) is 19.1. The van der Waals surface area contributed by atoms with Crippen LogP contribution in [0.2, 0.25) is 0 Å². The average molecular weight is 436 g/mol. The average Bonchev–Trinajstić information content (AvgIpc) is 3.30. The van der Waals surface area contributed by atoms with E-state index in [1.807, 2.05) is 20.8 Å². The molecule has 1 spiro atoms. The second-order valence-electron chi connectivity index (χ2n) is 10.4. The van der Waals surface area contributed by atoms with Gasteiger partial charge in [-0.1, -0.05) is 33.1 Å². The van der Waals surface area contributed by atoms with E-state index in [0.29, 0.717) is 12.8 Å². The fraction of sp³-hybridized carbons (Fsp3) is 0.870. The van der Waals surface area contributed by atoms with E-state index in [1.165, 1.54) is 6.42 Å². The lowest BCUT2D eigenvalue weighted by Gasteiger charge is -2.39. The highest BCUT2D eigenvalue weighted by Crippen LogP contribution is 2.63. The van der Waals surface area contributed by atoms with Crippen LogP contribution < -0.4 is 10.6 Å². The number of aliphatic hydroxyl groups is 1. The molecule has 3 saturated heterocycles. The Morgan fingerprint density at radius 3 is 2.45 bits per heavy atom. The van der Waals surface area contributed by atoms with Crippen LogP contribution in [0.25, 0.3) is 0 Å². The summed E-state index contributed by atoms with van der Waals surface area (Å²) in [6.07, 6.45) is 6.42. The number of carbonyl (C=O) groups is 3. The number of carbonyl (C=O) groups excluding carboxylic acids is 3. The van der Waals surface area contributed by atoms with Crippen molar-refractivity contribution in [3.05, 3.63) is 0 Å². The lowest BCUT2D eigenvalue weighted by molar-refractivity contribution is -0.151. The first kappa shape index (κ1) is 22.5. The third-order valence-corrected chi connectivity index (χ3v) is 8.26. The van der Waals surface area contributed by atoms with E-state index in [-0.39, 0.29) is 36.3 Å². The van der Waals surface area contributed by atoms with E-state index >= 15 is 0 Å². The smallest absolute Gasteiger partial charge is 0.246 e. The van der Waals surface area contributed by atoms with Crippen LogP contribution in [-0.2, 0) is 19.1 Å². The molecule has 4 fully saturated rings. The highest BCUT2D eigenvalue weighted by molar-refractivity contribution is 5.99. The highest BCUT2D eigenvalue weighted by Gasteiger charge is 2.78.